The summed E-state index contributed by atoms with van der Waals surface area (Å²) in [5.41, 5.74) is 3.33. The Hall–Kier alpha value is -4.68. The van der Waals surface area contributed by atoms with Gasteiger partial charge in [-0.25, -0.2) is 26.8 Å². The third-order valence-electron chi connectivity index (χ3n) is 10.9. The predicted octanol–water partition coefficient (Wildman–Crippen LogP) is 8.22. The van der Waals surface area contributed by atoms with Crippen molar-refractivity contribution in [2.45, 2.75) is 9.79 Å². The lowest BCUT2D eigenvalue weighted by molar-refractivity contribution is 0.373. The second kappa shape index (κ2) is 21.5. The first-order valence-corrected chi connectivity index (χ1v) is 26.5. The van der Waals surface area contributed by atoms with Gasteiger partial charge in [0.1, 0.15) is 44.3 Å². The van der Waals surface area contributed by atoms with Crippen LogP contribution in [-0.2, 0) is 20.0 Å². The Kier molecular flexibility index (Phi) is 16.1. The van der Waals surface area contributed by atoms with E-state index >= 15 is 0 Å². The van der Waals surface area contributed by atoms with Crippen LogP contribution >= 0.6 is 54.5 Å². The van der Waals surface area contributed by atoms with Crippen molar-refractivity contribution in [2.24, 2.45) is 0 Å². The van der Waals surface area contributed by atoms with Gasteiger partial charge in [-0.2, -0.15) is 8.61 Å². The van der Waals surface area contributed by atoms with E-state index in [1.807, 2.05) is 47.2 Å². The number of benzene rings is 4. The minimum absolute atomic E-state index is 0.162. The van der Waals surface area contributed by atoms with Crippen LogP contribution in [0.25, 0.3) is 22.5 Å². The van der Waals surface area contributed by atoms with Gasteiger partial charge in [0.25, 0.3) is 0 Å². The van der Waals surface area contributed by atoms with Crippen LogP contribution in [0.15, 0.2) is 102 Å². The van der Waals surface area contributed by atoms with Crippen molar-refractivity contribution in [2.75, 3.05) is 105 Å². The first-order valence-electron chi connectivity index (χ1n) is 20.3. The van der Waals surface area contributed by atoms with Crippen LogP contribution in [0.4, 0.5) is 10.3 Å². The number of piperazine rings is 2. The maximum Gasteiger partial charge on any atom is 0.246 e. The summed E-state index contributed by atoms with van der Waals surface area (Å²) in [5, 5.41) is 5.64. The van der Waals surface area contributed by atoms with Crippen LogP contribution in [0, 0.1) is 0 Å². The topological polar surface area (TPSA) is 162 Å². The smallest absolute Gasteiger partial charge is 0.246 e. The highest BCUT2D eigenvalue weighted by molar-refractivity contribution is 9.10. The molecule has 4 aromatic carbocycles. The van der Waals surface area contributed by atoms with E-state index in [9.17, 15) is 16.8 Å². The van der Waals surface area contributed by atoms with Crippen LogP contribution in [0.1, 0.15) is 0 Å². The van der Waals surface area contributed by atoms with E-state index in [-0.39, 0.29) is 9.79 Å². The van der Waals surface area contributed by atoms with E-state index in [1.165, 1.54) is 45.5 Å². The van der Waals surface area contributed by atoms with E-state index in [0.29, 0.717) is 90.1 Å². The summed E-state index contributed by atoms with van der Waals surface area (Å²) >= 11 is 9.75. The zero-order valence-electron chi connectivity index (χ0n) is 36.9. The first kappa shape index (κ1) is 49.2. The fourth-order valence-electron chi connectivity index (χ4n) is 7.31. The van der Waals surface area contributed by atoms with Crippen molar-refractivity contribution in [1.29, 1.82) is 0 Å². The second-order valence-corrected chi connectivity index (χ2v) is 21.9. The normalized spacial score (nSPS) is 14.8. The molecule has 0 atom stereocenters. The monoisotopic (exact) mass is 1110 g/mol. The van der Waals surface area contributed by atoms with Crippen LogP contribution in [0.5, 0.6) is 34.5 Å². The molecule has 2 aliphatic rings. The fraction of sp³-hybridized carbons (Fsp3) is 0.318. The predicted molar refractivity (Wildman–Crippen MR) is 265 cm³/mol. The molecule has 0 radical (unpaired) electrons. The van der Waals surface area contributed by atoms with Crippen LogP contribution in [-0.4, -0.2) is 130 Å². The van der Waals surface area contributed by atoms with Gasteiger partial charge in [0.05, 0.1) is 54.0 Å². The summed E-state index contributed by atoms with van der Waals surface area (Å²) in [6.07, 6.45) is 0. The summed E-state index contributed by atoms with van der Waals surface area (Å²) in [6.45, 7) is 3.60. The molecule has 4 heterocycles. The highest BCUT2D eigenvalue weighted by atomic mass is 79.9. The molecule has 6 aromatic rings. The fourth-order valence-corrected chi connectivity index (χ4v) is 13.3. The molecule has 66 heavy (non-hydrogen) atoms. The lowest BCUT2D eigenvalue weighted by atomic mass is 10.1. The van der Waals surface area contributed by atoms with Crippen molar-refractivity contribution in [3.8, 4) is 57.0 Å². The SMILES string of the molecule is COc1ccc(-c2csc(N3CCN(S(=O)(=O)c4cc(Br)ccc4OC)CC3)n2)c(OC)c1.COc1ccc(OC)c(-c2csc(N3CCN(S(=O)(=O)c4cc(Br)ccc4OC)CC3)n2)c1. The molecule has 0 unspecified atom stereocenters. The Labute approximate surface area is 410 Å². The zero-order chi connectivity index (χ0) is 47.2. The zero-order valence-corrected chi connectivity index (χ0v) is 43.3. The molecule has 0 amide bonds. The van der Waals surface area contributed by atoms with Crippen LogP contribution in [0.3, 0.4) is 0 Å². The summed E-state index contributed by atoms with van der Waals surface area (Å²) < 4.78 is 89.5. The number of hydrogen-bond acceptors (Lipinski definition) is 16. The Bertz CT molecular complexity index is 2870. The van der Waals surface area contributed by atoms with E-state index < -0.39 is 20.0 Å². The molecule has 0 bridgehead atoms. The van der Waals surface area contributed by atoms with Crippen molar-refractivity contribution in [1.82, 2.24) is 18.6 Å². The van der Waals surface area contributed by atoms with Gasteiger partial charge in [-0.1, -0.05) is 31.9 Å². The molecular formula is C44H48Br2N6O10S4. The van der Waals surface area contributed by atoms with Crippen LogP contribution in [0.2, 0.25) is 0 Å². The number of ether oxygens (including phenoxy) is 6. The molecule has 16 nitrogen and oxygen atoms in total. The minimum Gasteiger partial charge on any atom is -0.497 e. The molecule has 0 spiro atoms. The number of anilines is 2. The molecule has 2 aromatic heterocycles. The number of halogens is 2. The molecule has 2 saturated heterocycles. The van der Waals surface area contributed by atoms with Gasteiger partial charge in [0.15, 0.2) is 10.3 Å². The number of hydrogen-bond donors (Lipinski definition) is 0. The van der Waals surface area contributed by atoms with Crippen molar-refractivity contribution in [3.63, 3.8) is 0 Å². The van der Waals surface area contributed by atoms with Gasteiger partial charge < -0.3 is 38.2 Å². The Morgan fingerprint density at radius 1 is 0.470 bits per heavy atom. The van der Waals surface area contributed by atoms with Gasteiger partial charge in [-0.05, 0) is 66.7 Å². The third-order valence-corrected chi connectivity index (χ3v) is 17.5. The Morgan fingerprint density at radius 2 is 0.879 bits per heavy atom. The third kappa shape index (κ3) is 10.7. The van der Waals surface area contributed by atoms with Crippen LogP contribution < -0.4 is 38.2 Å². The molecular weight excluding hydrogens is 1060 g/mol. The summed E-state index contributed by atoms with van der Waals surface area (Å²) in [4.78, 5) is 14.1. The minimum atomic E-state index is -3.68. The van der Waals surface area contributed by atoms with Gasteiger partial charge in [-0.15, -0.1) is 22.7 Å². The van der Waals surface area contributed by atoms with Gasteiger partial charge in [0.2, 0.25) is 20.0 Å². The van der Waals surface area contributed by atoms with E-state index in [0.717, 1.165) is 38.5 Å². The van der Waals surface area contributed by atoms with E-state index in [4.69, 9.17) is 38.4 Å². The molecule has 0 saturated carbocycles. The number of rotatable bonds is 14. The summed E-state index contributed by atoms with van der Waals surface area (Å²) in [5.74, 6) is 3.50. The maximum absolute atomic E-state index is 13.3. The maximum atomic E-state index is 13.3. The quantitative estimate of drug-likeness (QED) is 0.103. The van der Waals surface area contributed by atoms with Gasteiger partial charge in [-0.3, -0.25) is 0 Å². The molecule has 2 aliphatic heterocycles. The highest BCUT2D eigenvalue weighted by Crippen LogP contribution is 2.39. The lowest BCUT2D eigenvalue weighted by Crippen LogP contribution is -2.48. The van der Waals surface area contributed by atoms with Crippen molar-refractivity contribution in [3.05, 3.63) is 92.5 Å². The first-order chi connectivity index (χ1) is 31.7. The molecule has 0 N–H and O–H groups in total. The molecule has 0 aliphatic carbocycles. The van der Waals surface area contributed by atoms with Crippen molar-refractivity contribution < 1.29 is 45.3 Å². The average molecular weight is 1110 g/mol. The Morgan fingerprint density at radius 3 is 1.32 bits per heavy atom. The molecule has 8 rings (SSSR count). The molecule has 2 fully saturated rings. The molecule has 22 heteroatoms. The highest BCUT2D eigenvalue weighted by Gasteiger charge is 2.33. The molecule has 352 valence electrons. The lowest BCUT2D eigenvalue weighted by Gasteiger charge is -2.34. The number of aromatic nitrogens is 2. The largest absolute Gasteiger partial charge is 0.497 e. The second-order valence-electron chi connectivity index (χ2n) is 14.5. The van der Waals surface area contributed by atoms with E-state index in [2.05, 4.69) is 41.7 Å². The summed E-state index contributed by atoms with van der Waals surface area (Å²) in [7, 11) is 2.05. The van der Waals surface area contributed by atoms with Gasteiger partial charge in [0, 0.05) is 89.3 Å². The van der Waals surface area contributed by atoms with Gasteiger partial charge >= 0.3 is 0 Å². The van der Waals surface area contributed by atoms with Crippen molar-refractivity contribution >= 4 is 84.8 Å². The number of methoxy groups -OCH3 is 6. The Balaban J connectivity index is 0.000000196. The average Bonchev–Trinajstić information content (AvgIpc) is 4.05. The standard InChI is InChI=1S/2C22H24BrN3O5S2/c1-29-16-5-6-17(20(13-16)31-3)18-14-32-22(24-18)25-8-10-26(11-9-25)33(27,28)21-12-15(23)4-7-19(21)30-2;1-29-16-5-7-19(30-2)17(13-16)18-14-32-22(24-18)25-8-10-26(11-9-25)33(27,28)21-12-15(23)4-6-20(21)31-3/h2*4-7,12-14H,8-11H2,1-3H3. The van der Waals surface area contributed by atoms with E-state index in [1.54, 1.807) is 64.8 Å². The summed E-state index contributed by atoms with van der Waals surface area (Å²) in [6, 6.07) is 21.2. The number of sulfonamides is 2. The number of thiazole rings is 2. The number of nitrogens with zero attached hydrogens (tertiary/aromatic N) is 6.